The Morgan fingerprint density at radius 2 is 2.14 bits per heavy atom. The molecule has 3 unspecified atom stereocenters. The minimum Gasteiger partial charge on any atom is -0.374 e. The van der Waals surface area contributed by atoms with Gasteiger partial charge < -0.3 is 9.64 Å². The zero-order valence-corrected chi connectivity index (χ0v) is 12.7. The van der Waals surface area contributed by atoms with E-state index in [9.17, 15) is 8.78 Å². The summed E-state index contributed by atoms with van der Waals surface area (Å²) >= 11 is 11.8. The van der Waals surface area contributed by atoms with Crippen molar-refractivity contribution in [2.45, 2.75) is 23.9 Å². The third-order valence-electron chi connectivity index (χ3n) is 3.92. The van der Waals surface area contributed by atoms with E-state index in [2.05, 4.69) is 15.0 Å². The number of rotatable bonds is 1. The molecule has 1 saturated heterocycles. The Balaban J connectivity index is 1.89. The van der Waals surface area contributed by atoms with Crippen LogP contribution in [0.25, 0.3) is 10.9 Å². The topological polar surface area (TPSA) is 51.1 Å². The number of ether oxygens (including phenoxy) is 1. The maximum atomic E-state index is 14.1. The first-order valence-electron chi connectivity index (χ1n) is 6.77. The van der Waals surface area contributed by atoms with Gasteiger partial charge in [0.25, 0.3) is 0 Å². The smallest absolute Gasteiger partial charge is 0.311 e. The molecule has 1 aliphatic carbocycles. The van der Waals surface area contributed by atoms with Gasteiger partial charge in [0.15, 0.2) is 11.0 Å². The van der Waals surface area contributed by atoms with Crippen molar-refractivity contribution in [1.29, 1.82) is 0 Å². The van der Waals surface area contributed by atoms with Crippen LogP contribution in [-0.4, -0.2) is 45.6 Å². The van der Waals surface area contributed by atoms with Crippen LogP contribution < -0.4 is 4.90 Å². The van der Waals surface area contributed by atoms with Crippen LogP contribution in [0.2, 0.25) is 5.15 Å². The van der Waals surface area contributed by atoms with E-state index in [1.54, 1.807) is 0 Å². The summed E-state index contributed by atoms with van der Waals surface area (Å²) in [6.45, 7) is 1.16. The van der Waals surface area contributed by atoms with E-state index in [0.29, 0.717) is 18.5 Å². The van der Waals surface area contributed by atoms with Gasteiger partial charge in [0.05, 0.1) is 22.9 Å². The third kappa shape index (κ3) is 2.11. The number of hydrogen-bond donors (Lipinski definition) is 0. The van der Waals surface area contributed by atoms with Crippen LogP contribution >= 0.6 is 23.2 Å². The van der Waals surface area contributed by atoms with Gasteiger partial charge in [0, 0.05) is 19.3 Å². The number of aromatic nitrogens is 3. The number of fused-ring (bicyclic) bond motifs is 2. The maximum absolute atomic E-state index is 14.1. The van der Waals surface area contributed by atoms with Crippen molar-refractivity contribution in [2.75, 3.05) is 18.1 Å². The van der Waals surface area contributed by atoms with Gasteiger partial charge in [-0.05, 0) is 6.42 Å². The first-order valence-corrected chi connectivity index (χ1v) is 7.59. The van der Waals surface area contributed by atoms with Crippen LogP contribution in [0.3, 0.4) is 0 Å². The maximum Gasteiger partial charge on any atom is 0.311 e. The van der Waals surface area contributed by atoms with E-state index in [0.717, 1.165) is 6.42 Å². The number of pyridine rings is 1. The Morgan fingerprint density at radius 3 is 2.95 bits per heavy atom. The summed E-state index contributed by atoms with van der Waals surface area (Å²) < 4.78 is 33.4. The van der Waals surface area contributed by atoms with E-state index < -0.39 is 11.9 Å². The van der Waals surface area contributed by atoms with E-state index in [-0.39, 0.29) is 34.0 Å². The highest BCUT2D eigenvalue weighted by molar-refractivity contribution is 6.30. The molecule has 3 heterocycles. The van der Waals surface area contributed by atoms with Gasteiger partial charge in [-0.2, -0.15) is 14.4 Å². The minimum atomic E-state index is -1.02. The monoisotopic (exact) mass is 346 g/mol. The summed E-state index contributed by atoms with van der Waals surface area (Å²) in [7, 11) is 0. The first kappa shape index (κ1) is 14.3. The third-order valence-corrected chi connectivity index (χ3v) is 4.69. The fourth-order valence-corrected chi connectivity index (χ4v) is 3.39. The largest absolute Gasteiger partial charge is 0.374 e. The number of hydrogen-bond acceptors (Lipinski definition) is 5. The lowest BCUT2D eigenvalue weighted by Crippen LogP contribution is -2.30. The molecule has 0 N–H and O–H groups in total. The fourth-order valence-electron chi connectivity index (χ4n) is 2.84. The molecule has 22 heavy (non-hydrogen) atoms. The van der Waals surface area contributed by atoms with E-state index in [4.69, 9.17) is 27.9 Å². The van der Waals surface area contributed by atoms with Gasteiger partial charge in [-0.15, -0.1) is 11.6 Å². The summed E-state index contributed by atoms with van der Waals surface area (Å²) in [5, 5.41) is -0.242. The van der Waals surface area contributed by atoms with Crippen molar-refractivity contribution in [3.05, 3.63) is 23.2 Å². The molecule has 2 aromatic heterocycles. The van der Waals surface area contributed by atoms with E-state index >= 15 is 0 Å². The lowest BCUT2D eigenvalue weighted by molar-refractivity contribution is 0.124. The molecular weight excluding hydrogens is 337 g/mol. The molecule has 5 nitrogen and oxygen atoms in total. The molecule has 0 amide bonds. The van der Waals surface area contributed by atoms with Crippen LogP contribution in [0.15, 0.2) is 6.20 Å². The normalized spacial score (nSPS) is 27.6. The van der Waals surface area contributed by atoms with Crippen molar-refractivity contribution < 1.29 is 13.5 Å². The molecule has 1 saturated carbocycles. The molecule has 3 atom stereocenters. The first-order chi connectivity index (χ1) is 10.6. The summed E-state index contributed by atoms with van der Waals surface area (Å²) in [6.07, 6.45) is 0.953. The lowest BCUT2D eigenvalue weighted by Gasteiger charge is -2.23. The molecule has 9 heteroatoms. The molecule has 2 aliphatic rings. The zero-order chi connectivity index (χ0) is 15.4. The summed E-state index contributed by atoms with van der Waals surface area (Å²) in [5.41, 5.74) is -0.184. The average Bonchev–Trinajstić information content (AvgIpc) is 3.18. The van der Waals surface area contributed by atoms with Crippen LogP contribution in [0.4, 0.5) is 14.6 Å². The molecular formula is C13H10Cl2F2N4O. The Hall–Kier alpha value is -1.31. The number of halogens is 4. The Labute approximate surface area is 134 Å². The molecule has 1 aliphatic heterocycles. The van der Waals surface area contributed by atoms with Crippen molar-refractivity contribution in [3.63, 3.8) is 0 Å². The Morgan fingerprint density at radius 1 is 1.32 bits per heavy atom. The quantitative estimate of drug-likeness (QED) is 0.451. The predicted molar refractivity (Wildman–Crippen MR) is 77.4 cm³/mol. The highest BCUT2D eigenvalue weighted by atomic mass is 35.5. The minimum absolute atomic E-state index is 0.111. The molecule has 4 rings (SSSR count). The SMILES string of the molecule is Fc1nc(N2CCCOC3C(Cl)C32)c2cnc(Cl)c(F)c2n1. The highest BCUT2D eigenvalue weighted by Gasteiger charge is 2.55. The van der Waals surface area contributed by atoms with E-state index in [1.807, 2.05) is 4.90 Å². The molecule has 0 aromatic carbocycles. The van der Waals surface area contributed by atoms with E-state index in [1.165, 1.54) is 6.20 Å². The number of nitrogens with zero attached hydrogens (tertiary/aromatic N) is 4. The second-order valence-electron chi connectivity index (χ2n) is 5.26. The van der Waals surface area contributed by atoms with Crippen molar-refractivity contribution in [2.24, 2.45) is 0 Å². The summed E-state index contributed by atoms with van der Waals surface area (Å²) in [5.74, 6) is -0.586. The second-order valence-corrected chi connectivity index (χ2v) is 6.12. The highest BCUT2D eigenvalue weighted by Crippen LogP contribution is 2.42. The summed E-state index contributed by atoms with van der Waals surface area (Å²) in [6, 6.07) is -0.111. The van der Waals surface area contributed by atoms with Crippen molar-refractivity contribution >= 4 is 39.9 Å². The van der Waals surface area contributed by atoms with Crippen LogP contribution in [0.1, 0.15) is 6.42 Å². The molecule has 116 valence electrons. The Kier molecular flexibility index (Phi) is 3.32. The summed E-state index contributed by atoms with van der Waals surface area (Å²) in [4.78, 5) is 13.0. The van der Waals surface area contributed by atoms with Gasteiger partial charge in [-0.1, -0.05) is 11.6 Å². The molecule has 0 spiro atoms. The molecule has 0 bridgehead atoms. The average molecular weight is 347 g/mol. The van der Waals surface area contributed by atoms with Crippen molar-refractivity contribution in [1.82, 2.24) is 15.0 Å². The molecule has 2 fully saturated rings. The van der Waals surface area contributed by atoms with Gasteiger partial charge in [0.1, 0.15) is 11.3 Å². The fraction of sp³-hybridized carbons (Fsp3) is 0.462. The second kappa shape index (κ2) is 5.11. The van der Waals surface area contributed by atoms with Crippen LogP contribution in [-0.2, 0) is 4.74 Å². The number of anilines is 1. The predicted octanol–water partition coefficient (Wildman–Crippen LogP) is 2.54. The van der Waals surface area contributed by atoms with Crippen LogP contribution in [0, 0.1) is 11.9 Å². The van der Waals surface area contributed by atoms with Gasteiger partial charge in [-0.3, -0.25) is 0 Å². The van der Waals surface area contributed by atoms with Gasteiger partial charge in [0.2, 0.25) is 0 Å². The lowest BCUT2D eigenvalue weighted by atomic mass is 10.2. The Bertz CT molecular complexity index is 762. The van der Waals surface area contributed by atoms with Gasteiger partial charge in [-0.25, -0.2) is 9.37 Å². The zero-order valence-electron chi connectivity index (χ0n) is 11.1. The van der Waals surface area contributed by atoms with Crippen LogP contribution in [0.5, 0.6) is 0 Å². The van der Waals surface area contributed by atoms with Gasteiger partial charge >= 0.3 is 6.08 Å². The molecule has 0 radical (unpaired) electrons. The van der Waals surface area contributed by atoms with Crippen molar-refractivity contribution in [3.8, 4) is 0 Å². The number of alkyl halides is 1. The standard InChI is InChI=1S/C13H10Cl2F2N4O/c14-6-9-10(6)22-3-1-2-21(9)12-5-4-18-11(15)7(16)8(5)19-13(17)20-12/h4,6,9-10H,1-3H2. The molecule has 2 aromatic rings.